The molecule has 0 amide bonds. The second-order valence-corrected chi connectivity index (χ2v) is 3.88. The predicted molar refractivity (Wildman–Crippen MR) is 63.4 cm³/mol. The first-order chi connectivity index (χ1) is 7.65. The maximum atomic E-state index is 5.84. The molecule has 0 aliphatic carbocycles. The molecule has 16 heavy (non-hydrogen) atoms. The summed E-state index contributed by atoms with van der Waals surface area (Å²) in [6.45, 7) is 0.380. The Balaban J connectivity index is 2.02. The van der Waals surface area contributed by atoms with E-state index in [-0.39, 0.29) is 0 Å². The minimum Gasteiger partial charge on any atom is -0.487 e. The van der Waals surface area contributed by atoms with Crippen molar-refractivity contribution in [3.63, 3.8) is 0 Å². The normalized spacial score (nSPS) is 10.4. The molecule has 5 heteroatoms. The van der Waals surface area contributed by atoms with Crippen LogP contribution in [-0.4, -0.2) is 9.55 Å². The number of halogens is 1. The summed E-state index contributed by atoms with van der Waals surface area (Å²) in [4.78, 5) is 4.13. The maximum absolute atomic E-state index is 5.84. The molecule has 0 aliphatic heterocycles. The summed E-state index contributed by atoms with van der Waals surface area (Å²) in [6.07, 6.45) is 1.83. The summed E-state index contributed by atoms with van der Waals surface area (Å²) < 4.78 is 7.27. The number of anilines is 1. The number of imidazole rings is 1. The Morgan fingerprint density at radius 3 is 2.94 bits per heavy atom. The van der Waals surface area contributed by atoms with E-state index in [1.54, 1.807) is 16.7 Å². The lowest BCUT2D eigenvalue weighted by molar-refractivity contribution is 0.302. The minimum absolute atomic E-state index is 0.380. The van der Waals surface area contributed by atoms with Gasteiger partial charge in [-0.2, -0.15) is 0 Å². The zero-order chi connectivity index (χ0) is 11.5. The van der Waals surface area contributed by atoms with Gasteiger partial charge in [-0.25, -0.2) is 4.98 Å². The van der Waals surface area contributed by atoms with Crippen LogP contribution in [0.15, 0.2) is 30.5 Å². The molecule has 0 aliphatic rings. The smallest absolute Gasteiger partial charge is 0.200 e. The van der Waals surface area contributed by atoms with Gasteiger partial charge >= 0.3 is 0 Å². The number of aryl methyl sites for hydroxylation is 1. The highest BCUT2D eigenvalue weighted by atomic mass is 35.5. The van der Waals surface area contributed by atoms with Gasteiger partial charge in [-0.1, -0.05) is 17.7 Å². The van der Waals surface area contributed by atoms with Crippen LogP contribution >= 0.6 is 11.6 Å². The van der Waals surface area contributed by atoms with Crippen LogP contribution in [-0.2, 0) is 13.7 Å². The standard InChI is InChI=1S/C11H12ClN3O/c1-15-6-9(14-11(15)13)7-16-10-4-2-3-8(12)5-10/h2-6H,7H2,1H3,(H2,13,14). The lowest BCUT2D eigenvalue weighted by Gasteiger charge is -2.03. The van der Waals surface area contributed by atoms with E-state index in [1.165, 1.54) is 0 Å². The Kier molecular flexibility index (Phi) is 3.01. The van der Waals surface area contributed by atoms with Crippen molar-refractivity contribution in [1.29, 1.82) is 0 Å². The van der Waals surface area contributed by atoms with Crippen molar-refractivity contribution < 1.29 is 4.74 Å². The van der Waals surface area contributed by atoms with Crippen LogP contribution in [0.3, 0.4) is 0 Å². The van der Waals surface area contributed by atoms with Gasteiger partial charge in [0.25, 0.3) is 0 Å². The molecule has 2 rings (SSSR count). The molecule has 0 unspecified atom stereocenters. The van der Waals surface area contributed by atoms with E-state index >= 15 is 0 Å². The second-order valence-electron chi connectivity index (χ2n) is 3.45. The first kappa shape index (κ1) is 10.8. The summed E-state index contributed by atoms with van der Waals surface area (Å²) in [5.41, 5.74) is 6.40. The predicted octanol–water partition coefficient (Wildman–Crippen LogP) is 2.23. The Morgan fingerprint density at radius 1 is 1.50 bits per heavy atom. The maximum Gasteiger partial charge on any atom is 0.200 e. The number of aromatic nitrogens is 2. The molecule has 4 nitrogen and oxygen atoms in total. The molecule has 2 N–H and O–H groups in total. The fourth-order valence-electron chi connectivity index (χ4n) is 1.33. The van der Waals surface area contributed by atoms with Crippen LogP contribution in [0, 0.1) is 0 Å². The van der Waals surface area contributed by atoms with Crippen molar-refractivity contribution in [1.82, 2.24) is 9.55 Å². The number of hydrogen-bond donors (Lipinski definition) is 1. The highest BCUT2D eigenvalue weighted by Gasteiger charge is 2.02. The number of hydrogen-bond acceptors (Lipinski definition) is 3. The number of nitrogens with two attached hydrogens (primary N) is 1. The van der Waals surface area contributed by atoms with Crippen LogP contribution in [0.25, 0.3) is 0 Å². The third-order valence-electron chi connectivity index (χ3n) is 2.14. The number of nitrogens with zero attached hydrogens (tertiary/aromatic N) is 2. The number of ether oxygens (including phenoxy) is 1. The average molecular weight is 238 g/mol. The van der Waals surface area contributed by atoms with Crippen LogP contribution in [0.2, 0.25) is 5.02 Å². The van der Waals surface area contributed by atoms with E-state index in [2.05, 4.69) is 4.98 Å². The number of benzene rings is 1. The van der Waals surface area contributed by atoms with E-state index < -0.39 is 0 Å². The largest absolute Gasteiger partial charge is 0.487 e. The summed E-state index contributed by atoms with van der Waals surface area (Å²) in [5, 5.41) is 0.651. The van der Waals surface area contributed by atoms with Crippen molar-refractivity contribution in [2.24, 2.45) is 7.05 Å². The van der Waals surface area contributed by atoms with Gasteiger partial charge in [0.05, 0.1) is 5.69 Å². The number of nitrogen functional groups attached to an aromatic ring is 1. The van der Waals surface area contributed by atoms with Crippen LogP contribution in [0.5, 0.6) is 5.75 Å². The van der Waals surface area contributed by atoms with Crippen LogP contribution in [0.1, 0.15) is 5.69 Å². The lowest BCUT2D eigenvalue weighted by atomic mass is 10.3. The van der Waals surface area contributed by atoms with Gasteiger partial charge in [0, 0.05) is 18.3 Å². The number of rotatable bonds is 3. The van der Waals surface area contributed by atoms with E-state index in [9.17, 15) is 0 Å². The van der Waals surface area contributed by atoms with E-state index in [0.29, 0.717) is 17.6 Å². The summed E-state index contributed by atoms with van der Waals surface area (Å²) >= 11 is 5.84. The first-order valence-corrected chi connectivity index (χ1v) is 5.19. The van der Waals surface area contributed by atoms with Gasteiger partial charge in [-0.15, -0.1) is 0 Å². The van der Waals surface area contributed by atoms with E-state index in [4.69, 9.17) is 22.1 Å². The molecule has 0 fully saturated rings. The quantitative estimate of drug-likeness (QED) is 0.891. The fraction of sp³-hybridized carbons (Fsp3) is 0.182. The molecular formula is C11H12ClN3O. The zero-order valence-corrected chi connectivity index (χ0v) is 9.61. The molecule has 1 heterocycles. The van der Waals surface area contributed by atoms with E-state index in [1.807, 2.05) is 25.4 Å². The highest BCUT2D eigenvalue weighted by molar-refractivity contribution is 6.30. The van der Waals surface area contributed by atoms with Gasteiger partial charge in [0.2, 0.25) is 0 Å². The summed E-state index contributed by atoms with van der Waals surface area (Å²) in [7, 11) is 1.84. The van der Waals surface area contributed by atoms with Crippen molar-refractivity contribution in [2.75, 3.05) is 5.73 Å². The van der Waals surface area contributed by atoms with Crippen LogP contribution in [0.4, 0.5) is 5.95 Å². The molecule has 0 atom stereocenters. The topological polar surface area (TPSA) is 53.1 Å². The molecule has 0 spiro atoms. The molecular weight excluding hydrogens is 226 g/mol. The summed E-state index contributed by atoms with van der Waals surface area (Å²) in [6, 6.07) is 7.24. The SMILES string of the molecule is Cn1cc(COc2cccc(Cl)c2)nc1N. The molecule has 2 aromatic rings. The van der Waals surface area contributed by atoms with Gasteiger partial charge in [0.1, 0.15) is 12.4 Å². The fourth-order valence-corrected chi connectivity index (χ4v) is 1.51. The van der Waals surface area contributed by atoms with Crippen molar-refractivity contribution in [2.45, 2.75) is 6.61 Å². The molecule has 0 saturated heterocycles. The van der Waals surface area contributed by atoms with Gasteiger partial charge in [0.15, 0.2) is 5.95 Å². The Labute approximate surface area is 98.6 Å². The van der Waals surface area contributed by atoms with Crippen LogP contribution < -0.4 is 10.5 Å². The molecule has 1 aromatic heterocycles. The molecule has 1 aromatic carbocycles. The molecule has 0 saturated carbocycles. The Hall–Kier alpha value is -1.68. The Bertz CT molecular complexity index is 476. The zero-order valence-electron chi connectivity index (χ0n) is 8.85. The third-order valence-corrected chi connectivity index (χ3v) is 2.38. The second kappa shape index (κ2) is 4.45. The van der Waals surface area contributed by atoms with Crippen molar-refractivity contribution in [3.05, 3.63) is 41.2 Å². The highest BCUT2D eigenvalue weighted by Crippen LogP contribution is 2.18. The minimum atomic E-state index is 0.380. The summed E-state index contributed by atoms with van der Waals surface area (Å²) in [5.74, 6) is 1.20. The monoisotopic (exact) mass is 237 g/mol. The molecule has 84 valence electrons. The molecule has 0 radical (unpaired) electrons. The van der Waals surface area contributed by atoms with Crippen molar-refractivity contribution in [3.8, 4) is 5.75 Å². The van der Waals surface area contributed by atoms with Gasteiger partial charge in [-0.05, 0) is 18.2 Å². The lowest BCUT2D eigenvalue weighted by Crippen LogP contribution is -1.96. The Morgan fingerprint density at radius 2 is 2.31 bits per heavy atom. The average Bonchev–Trinajstić information content (AvgIpc) is 2.56. The van der Waals surface area contributed by atoms with Gasteiger partial charge < -0.3 is 15.0 Å². The van der Waals surface area contributed by atoms with E-state index in [0.717, 1.165) is 11.4 Å². The van der Waals surface area contributed by atoms with Crippen molar-refractivity contribution >= 4 is 17.5 Å². The third kappa shape index (κ3) is 2.46. The van der Waals surface area contributed by atoms with Gasteiger partial charge in [-0.3, -0.25) is 0 Å². The molecule has 0 bridgehead atoms. The first-order valence-electron chi connectivity index (χ1n) is 4.81.